The number of aliphatic hydroxyl groups is 2. The van der Waals surface area contributed by atoms with E-state index < -0.39 is 10.5 Å². The highest BCUT2D eigenvalue weighted by atomic mass is 79.9. The Labute approximate surface area is 112 Å². The summed E-state index contributed by atoms with van der Waals surface area (Å²) in [6.07, 6.45) is 1.14. The van der Waals surface area contributed by atoms with E-state index in [1.165, 1.54) is 0 Å². The number of halogens is 1. The first kappa shape index (κ1) is 14.8. The van der Waals surface area contributed by atoms with Gasteiger partial charge in [-0.25, -0.2) is 4.98 Å². The number of nitro groups is 1. The molecule has 0 saturated carbocycles. The lowest BCUT2D eigenvalue weighted by Crippen LogP contribution is -2.42. The third-order valence-electron chi connectivity index (χ3n) is 2.55. The van der Waals surface area contributed by atoms with Crippen LogP contribution in [0, 0.1) is 17.0 Å². The Balaban J connectivity index is 3.13. The van der Waals surface area contributed by atoms with Crippen molar-refractivity contribution in [3.63, 3.8) is 0 Å². The third-order valence-corrected chi connectivity index (χ3v) is 3.52. The average molecular weight is 320 g/mol. The zero-order valence-corrected chi connectivity index (χ0v) is 11.6. The second-order valence-corrected chi connectivity index (χ2v) is 4.98. The maximum atomic E-state index is 10.7. The Hall–Kier alpha value is -1.25. The molecule has 0 bridgehead atoms. The minimum atomic E-state index is -0.946. The van der Waals surface area contributed by atoms with Crippen molar-refractivity contribution in [3.05, 3.63) is 26.3 Å². The summed E-state index contributed by atoms with van der Waals surface area (Å²) in [6, 6.07) is 0. The van der Waals surface area contributed by atoms with Crippen LogP contribution >= 0.6 is 15.9 Å². The van der Waals surface area contributed by atoms with E-state index in [2.05, 4.69) is 26.2 Å². The number of anilines is 1. The Morgan fingerprint density at radius 2 is 2.11 bits per heavy atom. The largest absolute Gasteiger partial charge is 0.394 e. The van der Waals surface area contributed by atoms with Gasteiger partial charge in [-0.2, -0.15) is 0 Å². The summed E-state index contributed by atoms with van der Waals surface area (Å²) in [6.45, 7) is 2.60. The van der Waals surface area contributed by atoms with Gasteiger partial charge >= 0.3 is 0 Å². The minimum Gasteiger partial charge on any atom is -0.394 e. The number of nitrogens with zero attached hydrogens (tertiary/aromatic N) is 2. The zero-order valence-electron chi connectivity index (χ0n) is 9.97. The number of aliphatic hydroxyl groups excluding tert-OH is 2. The van der Waals surface area contributed by atoms with Gasteiger partial charge in [-0.3, -0.25) is 10.1 Å². The van der Waals surface area contributed by atoms with E-state index in [0.29, 0.717) is 15.9 Å². The van der Waals surface area contributed by atoms with E-state index >= 15 is 0 Å². The number of pyridine rings is 1. The summed E-state index contributed by atoms with van der Waals surface area (Å²) >= 11 is 3.22. The van der Waals surface area contributed by atoms with Gasteiger partial charge in [-0.1, -0.05) is 0 Å². The van der Waals surface area contributed by atoms with Crippen molar-refractivity contribution in [1.82, 2.24) is 4.98 Å². The molecule has 0 saturated heterocycles. The van der Waals surface area contributed by atoms with Crippen molar-refractivity contribution < 1.29 is 15.1 Å². The molecule has 0 fully saturated rings. The molecule has 3 N–H and O–H groups in total. The molecule has 1 aromatic heterocycles. The van der Waals surface area contributed by atoms with Crippen molar-refractivity contribution in [2.24, 2.45) is 0 Å². The van der Waals surface area contributed by atoms with Crippen molar-refractivity contribution in [3.8, 4) is 0 Å². The average Bonchev–Trinajstić information content (AvgIpc) is 2.34. The molecule has 0 spiro atoms. The second kappa shape index (κ2) is 5.59. The molecule has 0 atom stereocenters. The number of hydrogen-bond donors (Lipinski definition) is 3. The van der Waals surface area contributed by atoms with Crippen molar-refractivity contribution in [1.29, 1.82) is 0 Å². The van der Waals surface area contributed by atoms with Crippen molar-refractivity contribution in [2.75, 3.05) is 18.5 Å². The van der Waals surface area contributed by atoms with Gasteiger partial charge in [0.2, 0.25) is 0 Å². The molecule has 0 amide bonds. The van der Waals surface area contributed by atoms with Crippen LogP contribution in [0.1, 0.15) is 12.5 Å². The molecule has 0 radical (unpaired) electrons. The van der Waals surface area contributed by atoms with Crippen LogP contribution in [0.25, 0.3) is 0 Å². The summed E-state index contributed by atoms with van der Waals surface area (Å²) in [7, 11) is 0. The Kier molecular flexibility index (Phi) is 4.60. The highest BCUT2D eigenvalue weighted by Crippen LogP contribution is 2.31. The lowest BCUT2D eigenvalue weighted by atomic mass is 10.1. The Morgan fingerprint density at radius 3 is 2.56 bits per heavy atom. The predicted octanol–water partition coefficient (Wildman–Crippen LogP) is 1.22. The van der Waals surface area contributed by atoms with E-state index in [9.17, 15) is 20.3 Å². The molecule has 7 nitrogen and oxygen atoms in total. The molecule has 0 unspecified atom stereocenters. The van der Waals surface area contributed by atoms with Gasteiger partial charge in [0.15, 0.2) is 0 Å². The summed E-state index contributed by atoms with van der Waals surface area (Å²) < 4.78 is 0.435. The first-order valence-electron chi connectivity index (χ1n) is 5.14. The molecule has 8 heteroatoms. The smallest absolute Gasteiger partial charge is 0.291 e. The van der Waals surface area contributed by atoms with Gasteiger partial charge in [0.25, 0.3) is 5.69 Å². The molecule has 18 heavy (non-hydrogen) atoms. The quantitative estimate of drug-likeness (QED) is 0.556. The van der Waals surface area contributed by atoms with Crippen LogP contribution in [0.2, 0.25) is 0 Å². The van der Waals surface area contributed by atoms with Crippen LogP contribution in [-0.2, 0) is 0 Å². The van der Waals surface area contributed by atoms with Gasteiger partial charge in [-0.05, 0) is 29.8 Å². The zero-order chi connectivity index (χ0) is 13.9. The predicted molar refractivity (Wildman–Crippen MR) is 69.5 cm³/mol. The van der Waals surface area contributed by atoms with Gasteiger partial charge in [-0.15, -0.1) is 0 Å². The maximum Gasteiger partial charge on any atom is 0.291 e. The van der Waals surface area contributed by atoms with Gasteiger partial charge in [0.1, 0.15) is 12.0 Å². The van der Waals surface area contributed by atoms with E-state index in [0.717, 1.165) is 6.20 Å². The number of rotatable bonds is 5. The first-order chi connectivity index (χ1) is 8.34. The van der Waals surface area contributed by atoms with Crippen LogP contribution in [-0.4, -0.2) is 38.9 Å². The lowest BCUT2D eigenvalue weighted by molar-refractivity contribution is -0.385. The van der Waals surface area contributed by atoms with Crippen LogP contribution in [0.5, 0.6) is 0 Å². The van der Waals surface area contributed by atoms with Crippen LogP contribution in [0.15, 0.2) is 10.7 Å². The van der Waals surface area contributed by atoms with Crippen LogP contribution in [0.4, 0.5) is 11.5 Å². The number of nitrogens with one attached hydrogen (secondary N) is 1. The molecule has 1 aromatic rings. The molecule has 1 rings (SSSR count). The van der Waals surface area contributed by atoms with Crippen LogP contribution < -0.4 is 5.32 Å². The minimum absolute atomic E-state index is 0.0953. The standard InChI is InChI=1S/C10H14BrN3O4/c1-6-7(14(17)18)3-12-9(8(6)11)13-10(2,4-15)5-16/h3,15-16H,4-5H2,1-2H3,(H,12,13). The molecule has 0 aliphatic heterocycles. The fourth-order valence-electron chi connectivity index (χ4n) is 1.26. The molecule has 0 aliphatic carbocycles. The number of aromatic nitrogens is 1. The van der Waals surface area contributed by atoms with Crippen molar-refractivity contribution in [2.45, 2.75) is 19.4 Å². The fraction of sp³-hybridized carbons (Fsp3) is 0.500. The van der Waals surface area contributed by atoms with E-state index in [1.807, 2.05) is 0 Å². The summed E-state index contributed by atoms with van der Waals surface area (Å²) in [5, 5.41) is 31.9. The lowest BCUT2D eigenvalue weighted by Gasteiger charge is -2.27. The normalized spacial score (nSPS) is 11.4. The third kappa shape index (κ3) is 2.95. The monoisotopic (exact) mass is 319 g/mol. The number of hydrogen-bond acceptors (Lipinski definition) is 6. The maximum absolute atomic E-state index is 10.7. The molecular formula is C10H14BrN3O4. The molecule has 0 aromatic carbocycles. The second-order valence-electron chi connectivity index (χ2n) is 4.19. The summed E-state index contributed by atoms with van der Waals surface area (Å²) in [5.41, 5.74) is -0.615. The molecule has 100 valence electrons. The van der Waals surface area contributed by atoms with Gasteiger partial charge in [0, 0.05) is 5.56 Å². The van der Waals surface area contributed by atoms with E-state index in [4.69, 9.17) is 0 Å². The molecule has 0 aliphatic rings. The topological polar surface area (TPSA) is 109 Å². The van der Waals surface area contributed by atoms with Crippen molar-refractivity contribution >= 4 is 27.4 Å². The van der Waals surface area contributed by atoms with Gasteiger partial charge < -0.3 is 15.5 Å². The Bertz CT molecular complexity index is 463. The highest BCUT2D eigenvalue weighted by molar-refractivity contribution is 9.10. The summed E-state index contributed by atoms with van der Waals surface area (Å²) in [5.74, 6) is 0.337. The van der Waals surface area contributed by atoms with E-state index in [-0.39, 0.29) is 18.9 Å². The fourth-order valence-corrected chi connectivity index (χ4v) is 1.66. The first-order valence-corrected chi connectivity index (χ1v) is 5.93. The SMILES string of the molecule is Cc1c([N+](=O)[O-])cnc(NC(C)(CO)CO)c1Br. The molecule has 1 heterocycles. The summed E-state index contributed by atoms with van der Waals surface area (Å²) in [4.78, 5) is 14.1. The highest BCUT2D eigenvalue weighted by Gasteiger charge is 2.25. The van der Waals surface area contributed by atoms with Gasteiger partial charge in [0.05, 0.1) is 28.1 Å². The molecular weight excluding hydrogens is 306 g/mol. The Morgan fingerprint density at radius 1 is 1.56 bits per heavy atom. The van der Waals surface area contributed by atoms with E-state index in [1.54, 1.807) is 13.8 Å². The van der Waals surface area contributed by atoms with Crippen LogP contribution in [0.3, 0.4) is 0 Å².